The minimum absolute atomic E-state index is 0. The summed E-state index contributed by atoms with van der Waals surface area (Å²) in [5, 5.41) is 10.1. The van der Waals surface area contributed by atoms with Crippen molar-refractivity contribution in [3.63, 3.8) is 0 Å². The van der Waals surface area contributed by atoms with Crippen LogP contribution in [-0.2, 0) is 4.79 Å². The molecule has 0 radical (unpaired) electrons. The number of aliphatic carboxylic acids is 1. The van der Waals surface area contributed by atoms with Gasteiger partial charge >= 0.3 is 59.1 Å². The van der Waals surface area contributed by atoms with Crippen molar-refractivity contribution in [3.05, 3.63) is 0 Å². The van der Waals surface area contributed by atoms with Gasteiger partial charge in [0.15, 0.2) is 0 Å². The molecule has 0 aromatic rings. The smallest absolute Gasteiger partial charge is 0.870 e. The Hall–Kier alpha value is 1.43. The summed E-state index contributed by atoms with van der Waals surface area (Å²) >= 11 is 0. The molecule has 0 bridgehead atoms. The zero-order chi connectivity index (χ0) is 10.6. The summed E-state index contributed by atoms with van der Waals surface area (Å²) in [5.74, 6) is -0.909. The van der Waals surface area contributed by atoms with Crippen LogP contribution in [0.2, 0.25) is 0 Å². The number of carbonyl (C=O) groups is 1. The average Bonchev–Trinajstić information content (AvgIpc) is 2.15. The largest absolute Gasteiger partial charge is 1.00 e. The maximum Gasteiger partial charge on any atom is 1.00 e. The van der Waals surface area contributed by atoms with Gasteiger partial charge in [-0.25, -0.2) is 0 Å². The summed E-state index contributed by atoms with van der Waals surface area (Å²) < 4.78 is 0. The van der Waals surface area contributed by atoms with E-state index in [4.69, 9.17) is 0 Å². The molecule has 0 aliphatic heterocycles. The van der Waals surface area contributed by atoms with Gasteiger partial charge in [-0.1, -0.05) is 58.3 Å². The van der Waals surface area contributed by atoms with Crippen molar-refractivity contribution < 1.29 is 74.5 Å². The molecule has 1 N–H and O–H groups in total. The van der Waals surface area contributed by atoms with E-state index in [-0.39, 0.29) is 71.0 Å². The van der Waals surface area contributed by atoms with Gasteiger partial charge in [0.25, 0.3) is 0 Å². The second-order valence-corrected chi connectivity index (χ2v) is 3.95. The van der Waals surface area contributed by atoms with Gasteiger partial charge in [-0.3, -0.25) is 0 Å². The molecule has 0 rings (SSSR count). The predicted octanol–water partition coefficient (Wildman–Crippen LogP) is -3.51. The number of hydrogen-bond donors (Lipinski definition) is 0. The van der Waals surface area contributed by atoms with Crippen LogP contribution in [0.1, 0.15) is 71.1 Å². The molecule has 0 heterocycles. The molecule has 0 amide bonds. The first-order valence-corrected chi connectivity index (χ1v) is 5.97. The third-order valence-corrected chi connectivity index (χ3v) is 2.48. The van der Waals surface area contributed by atoms with E-state index in [2.05, 4.69) is 6.92 Å². The van der Waals surface area contributed by atoms with Crippen LogP contribution in [0.25, 0.3) is 0 Å². The van der Waals surface area contributed by atoms with Crippen LogP contribution in [0.15, 0.2) is 0 Å². The van der Waals surface area contributed by atoms with Gasteiger partial charge in [-0.05, 0) is 12.8 Å². The number of rotatable bonds is 10. The van der Waals surface area contributed by atoms with Crippen molar-refractivity contribution in [2.24, 2.45) is 0 Å². The van der Waals surface area contributed by atoms with E-state index in [1.807, 2.05) is 0 Å². The second-order valence-electron chi connectivity index (χ2n) is 3.95. The molecule has 3 nitrogen and oxygen atoms in total. The van der Waals surface area contributed by atoms with Crippen molar-refractivity contribution in [2.75, 3.05) is 0 Å². The Morgan fingerprint density at radius 3 is 1.53 bits per heavy atom. The summed E-state index contributed by atoms with van der Waals surface area (Å²) in [6.45, 7) is 2.22. The molecule has 0 aliphatic carbocycles. The summed E-state index contributed by atoms with van der Waals surface area (Å²) in [4.78, 5) is 10.1. The standard InChI is InChI=1S/C12H24O2.2Na.H2O/c1-2-3-4-5-6-7-8-9-10-11-12(13)14;;;/h2-11H2,1H3,(H,13,14);;;1H2/q;2*+1;/p-2. The van der Waals surface area contributed by atoms with E-state index in [1.54, 1.807) is 0 Å². The van der Waals surface area contributed by atoms with Gasteiger partial charge in [-0.2, -0.15) is 0 Å². The molecule has 0 saturated carbocycles. The minimum atomic E-state index is -0.909. The Bertz CT molecular complexity index is 144. The molecule has 0 fully saturated rings. The van der Waals surface area contributed by atoms with Gasteiger partial charge in [0.1, 0.15) is 0 Å². The molecule has 0 aliphatic rings. The fourth-order valence-corrected chi connectivity index (χ4v) is 1.58. The molecule has 0 aromatic heterocycles. The van der Waals surface area contributed by atoms with E-state index in [9.17, 15) is 9.90 Å². The zero-order valence-electron chi connectivity index (χ0n) is 11.8. The van der Waals surface area contributed by atoms with Crippen LogP contribution in [-0.4, -0.2) is 11.4 Å². The number of hydrogen-bond acceptors (Lipinski definition) is 3. The van der Waals surface area contributed by atoms with Crippen molar-refractivity contribution >= 4 is 5.97 Å². The first-order valence-electron chi connectivity index (χ1n) is 5.97. The Morgan fingerprint density at radius 2 is 1.18 bits per heavy atom. The summed E-state index contributed by atoms with van der Waals surface area (Å²) in [5.41, 5.74) is 0. The molecule has 0 saturated heterocycles. The Kier molecular flexibility index (Phi) is 35.7. The van der Waals surface area contributed by atoms with Crippen LogP contribution in [0, 0.1) is 0 Å². The number of unbranched alkanes of at least 4 members (excludes halogenated alkanes) is 8. The van der Waals surface area contributed by atoms with Crippen LogP contribution in [0.4, 0.5) is 0 Å². The summed E-state index contributed by atoms with van der Waals surface area (Å²) in [6.07, 6.45) is 11.2. The van der Waals surface area contributed by atoms with Crippen LogP contribution >= 0.6 is 0 Å². The third-order valence-electron chi connectivity index (χ3n) is 2.48. The predicted molar refractivity (Wildman–Crippen MR) is 58.8 cm³/mol. The van der Waals surface area contributed by atoms with Gasteiger partial charge in [0.2, 0.25) is 0 Å². The average molecular weight is 262 g/mol. The SMILES string of the molecule is CCCCCCCCCCCC(=O)[O-].[Na+].[Na+].[OH-]. The molecule has 0 aromatic carbocycles. The molecular formula is C12H24Na2O3. The number of carboxylic acids is 1. The fourth-order valence-electron chi connectivity index (χ4n) is 1.58. The van der Waals surface area contributed by atoms with E-state index in [0.717, 1.165) is 12.8 Å². The Labute approximate surface area is 150 Å². The molecule has 0 atom stereocenters. The second kappa shape index (κ2) is 22.6. The van der Waals surface area contributed by atoms with Gasteiger partial charge < -0.3 is 15.4 Å². The molecule has 0 spiro atoms. The summed E-state index contributed by atoms with van der Waals surface area (Å²) in [7, 11) is 0. The molecule has 0 unspecified atom stereocenters. The first-order chi connectivity index (χ1) is 6.77. The molecular weight excluding hydrogens is 238 g/mol. The van der Waals surface area contributed by atoms with Crippen molar-refractivity contribution in [1.29, 1.82) is 0 Å². The van der Waals surface area contributed by atoms with Gasteiger partial charge in [0.05, 0.1) is 0 Å². The van der Waals surface area contributed by atoms with Crippen LogP contribution < -0.4 is 64.2 Å². The van der Waals surface area contributed by atoms with Crippen molar-refractivity contribution in [3.8, 4) is 0 Å². The molecule has 5 heteroatoms. The van der Waals surface area contributed by atoms with Gasteiger partial charge in [-0.15, -0.1) is 0 Å². The van der Waals surface area contributed by atoms with E-state index < -0.39 is 5.97 Å². The van der Waals surface area contributed by atoms with Crippen molar-refractivity contribution in [2.45, 2.75) is 71.1 Å². The Balaban J connectivity index is -0.000000282. The maximum atomic E-state index is 10.1. The van der Waals surface area contributed by atoms with E-state index in [0.29, 0.717) is 0 Å². The Morgan fingerprint density at radius 1 is 0.824 bits per heavy atom. The fraction of sp³-hybridized carbons (Fsp3) is 0.917. The normalized spacial score (nSPS) is 8.53. The summed E-state index contributed by atoms with van der Waals surface area (Å²) in [6, 6.07) is 0. The first kappa shape index (κ1) is 26.9. The molecule has 92 valence electrons. The monoisotopic (exact) mass is 262 g/mol. The van der Waals surface area contributed by atoms with Crippen LogP contribution in [0.3, 0.4) is 0 Å². The number of carbonyl (C=O) groups excluding carboxylic acids is 1. The molecule has 17 heavy (non-hydrogen) atoms. The zero-order valence-corrected chi connectivity index (χ0v) is 15.8. The van der Waals surface area contributed by atoms with E-state index in [1.165, 1.54) is 44.9 Å². The van der Waals surface area contributed by atoms with Crippen LogP contribution in [0.5, 0.6) is 0 Å². The van der Waals surface area contributed by atoms with E-state index >= 15 is 0 Å². The number of carboxylic acid groups (broad SMARTS) is 1. The quantitative estimate of drug-likeness (QED) is 0.303. The minimum Gasteiger partial charge on any atom is -0.870 e. The van der Waals surface area contributed by atoms with Gasteiger partial charge in [0, 0.05) is 5.97 Å². The third kappa shape index (κ3) is 26.9. The topological polar surface area (TPSA) is 70.1 Å². The maximum absolute atomic E-state index is 10.1. The van der Waals surface area contributed by atoms with Crippen molar-refractivity contribution in [1.82, 2.24) is 0 Å².